The van der Waals surface area contributed by atoms with E-state index in [0.717, 1.165) is 50.1 Å². The summed E-state index contributed by atoms with van der Waals surface area (Å²) in [4.78, 5) is 6.63. The van der Waals surface area contributed by atoms with E-state index in [2.05, 4.69) is 34.6 Å². The summed E-state index contributed by atoms with van der Waals surface area (Å²) in [7, 11) is 7.70. The highest BCUT2D eigenvalue weighted by Crippen LogP contribution is 2.25. The van der Waals surface area contributed by atoms with Gasteiger partial charge >= 0.3 is 0 Å². The van der Waals surface area contributed by atoms with E-state index >= 15 is 0 Å². The summed E-state index contributed by atoms with van der Waals surface area (Å²) < 4.78 is 16.7. The Kier molecular flexibility index (Phi) is 8.19. The largest absolute Gasteiger partial charge is 0.497 e. The Balaban J connectivity index is 1.82. The number of nitrogens with one attached hydrogen (secondary N) is 2. The molecule has 0 spiro atoms. The first-order valence-corrected chi connectivity index (χ1v) is 9.49. The zero-order chi connectivity index (χ0) is 19.7. The Morgan fingerprint density at radius 1 is 1.26 bits per heavy atom. The van der Waals surface area contributed by atoms with E-state index in [9.17, 15) is 0 Å². The van der Waals surface area contributed by atoms with Crippen molar-refractivity contribution in [3.8, 4) is 11.5 Å². The van der Waals surface area contributed by atoms with Crippen molar-refractivity contribution in [1.29, 1.82) is 0 Å². The van der Waals surface area contributed by atoms with E-state index in [4.69, 9.17) is 14.2 Å². The van der Waals surface area contributed by atoms with Crippen molar-refractivity contribution in [3.63, 3.8) is 0 Å². The number of guanidine groups is 1. The normalized spacial score (nSPS) is 18.1. The molecule has 0 radical (unpaired) electrons. The van der Waals surface area contributed by atoms with Gasteiger partial charge in [-0.2, -0.15) is 0 Å². The Bertz CT molecular complexity index is 601. The Labute approximate surface area is 163 Å². The first-order chi connectivity index (χ1) is 13.0. The Hall–Kier alpha value is -1.99. The van der Waals surface area contributed by atoms with Crippen LogP contribution >= 0.6 is 0 Å². The van der Waals surface area contributed by atoms with E-state index in [-0.39, 0.29) is 11.6 Å². The molecule has 1 aliphatic heterocycles. The van der Waals surface area contributed by atoms with E-state index in [1.807, 2.05) is 31.2 Å². The maximum atomic E-state index is 5.95. The third kappa shape index (κ3) is 6.29. The van der Waals surface area contributed by atoms with Crippen LogP contribution in [0, 0.1) is 0 Å². The van der Waals surface area contributed by atoms with Gasteiger partial charge in [-0.15, -0.1) is 0 Å². The number of rotatable bonds is 8. The van der Waals surface area contributed by atoms with Crippen molar-refractivity contribution >= 4 is 5.96 Å². The molecular weight excluding hydrogens is 344 g/mol. The maximum absolute atomic E-state index is 5.95. The summed E-state index contributed by atoms with van der Waals surface area (Å²) in [6.45, 7) is 5.11. The lowest BCUT2D eigenvalue weighted by atomic mass is 9.88. The van der Waals surface area contributed by atoms with Gasteiger partial charge in [0.15, 0.2) is 5.96 Å². The van der Waals surface area contributed by atoms with E-state index in [0.29, 0.717) is 6.54 Å². The molecule has 0 aliphatic carbocycles. The Morgan fingerprint density at radius 2 is 1.96 bits per heavy atom. The number of ether oxygens (including phenoxy) is 3. The number of hydrogen-bond donors (Lipinski definition) is 2. The fourth-order valence-corrected chi connectivity index (χ4v) is 3.19. The lowest BCUT2D eigenvalue weighted by Crippen LogP contribution is -2.57. The maximum Gasteiger partial charge on any atom is 0.191 e. The van der Waals surface area contributed by atoms with Crippen LogP contribution in [0.15, 0.2) is 29.3 Å². The van der Waals surface area contributed by atoms with Crippen molar-refractivity contribution in [2.75, 3.05) is 54.6 Å². The molecule has 1 aliphatic rings. The quantitative estimate of drug-likeness (QED) is 0.531. The monoisotopic (exact) mass is 378 g/mol. The number of hydrogen-bond acceptors (Lipinski definition) is 5. The standard InChI is InChI=1S/C20H34N4O3/c1-16(27-18-8-6-7-17(13-18)25-5)14-22-19(21-2)23-15-20(24(3)4)9-11-26-12-10-20/h6-8,13,16H,9-12,14-15H2,1-5H3,(H2,21,22,23). The highest BCUT2D eigenvalue weighted by molar-refractivity contribution is 5.79. The summed E-state index contributed by atoms with van der Waals surface area (Å²) in [6, 6.07) is 7.63. The molecule has 1 fully saturated rings. The molecule has 2 N–H and O–H groups in total. The summed E-state index contributed by atoms with van der Waals surface area (Å²) in [5.74, 6) is 2.36. The zero-order valence-corrected chi connectivity index (χ0v) is 17.2. The number of methoxy groups -OCH3 is 1. The number of likely N-dealkylation sites (N-methyl/N-ethyl adjacent to an activating group) is 1. The van der Waals surface area contributed by atoms with Crippen LogP contribution < -0.4 is 20.1 Å². The molecule has 0 bridgehead atoms. The third-order valence-electron chi connectivity index (χ3n) is 5.12. The van der Waals surface area contributed by atoms with Gasteiger partial charge in [0.1, 0.15) is 17.6 Å². The molecule has 0 amide bonds. The van der Waals surface area contributed by atoms with Gasteiger partial charge in [0.25, 0.3) is 0 Å². The van der Waals surface area contributed by atoms with Crippen molar-refractivity contribution in [1.82, 2.24) is 15.5 Å². The van der Waals surface area contributed by atoms with Crippen LogP contribution in [-0.4, -0.2) is 77.1 Å². The molecule has 1 heterocycles. The number of aliphatic imine (C=N–C) groups is 1. The number of nitrogens with zero attached hydrogens (tertiary/aromatic N) is 2. The molecule has 0 saturated carbocycles. The summed E-state index contributed by atoms with van der Waals surface area (Å²) in [5, 5.41) is 6.81. The van der Waals surface area contributed by atoms with Gasteiger partial charge in [0, 0.05) is 38.4 Å². The minimum atomic E-state index is -0.0125. The van der Waals surface area contributed by atoms with Crippen LogP contribution in [-0.2, 0) is 4.74 Å². The second-order valence-corrected chi connectivity index (χ2v) is 7.15. The molecular formula is C20H34N4O3. The molecule has 2 rings (SSSR count). The van der Waals surface area contributed by atoms with Crippen LogP contribution in [0.1, 0.15) is 19.8 Å². The van der Waals surface area contributed by atoms with Crippen molar-refractivity contribution < 1.29 is 14.2 Å². The molecule has 152 valence electrons. The number of benzene rings is 1. The SMILES string of the molecule is CN=C(NCC(C)Oc1cccc(OC)c1)NCC1(N(C)C)CCOCC1. The molecule has 7 heteroatoms. The lowest BCUT2D eigenvalue weighted by Gasteiger charge is -2.43. The molecule has 1 aromatic rings. The first-order valence-electron chi connectivity index (χ1n) is 9.49. The lowest BCUT2D eigenvalue weighted by molar-refractivity contribution is -0.00502. The van der Waals surface area contributed by atoms with Gasteiger partial charge in [-0.1, -0.05) is 6.07 Å². The van der Waals surface area contributed by atoms with Crippen LogP contribution in [0.4, 0.5) is 0 Å². The van der Waals surface area contributed by atoms with Gasteiger partial charge < -0.3 is 29.7 Å². The predicted molar refractivity (Wildman–Crippen MR) is 109 cm³/mol. The molecule has 1 unspecified atom stereocenters. The first kappa shape index (κ1) is 21.3. The van der Waals surface area contributed by atoms with Gasteiger partial charge in [-0.25, -0.2) is 0 Å². The van der Waals surface area contributed by atoms with Crippen molar-refractivity contribution in [2.24, 2.45) is 4.99 Å². The second kappa shape index (κ2) is 10.4. The second-order valence-electron chi connectivity index (χ2n) is 7.15. The van der Waals surface area contributed by atoms with E-state index in [1.54, 1.807) is 14.2 Å². The molecule has 1 atom stereocenters. The van der Waals surface area contributed by atoms with Gasteiger partial charge in [-0.05, 0) is 46.0 Å². The van der Waals surface area contributed by atoms with Crippen molar-refractivity contribution in [2.45, 2.75) is 31.4 Å². The van der Waals surface area contributed by atoms with Crippen LogP contribution in [0.25, 0.3) is 0 Å². The summed E-state index contributed by atoms with van der Waals surface area (Å²) in [5.41, 5.74) is 0.0958. The minimum Gasteiger partial charge on any atom is -0.497 e. The zero-order valence-electron chi connectivity index (χ0n) is 17.2. The molecule has 1 aromatic carbocycles. The summed E-state index contributed by atoms with van der Waals surface area (Å²) >= 11 is 0. The predicted octanol–water partition coefficient (Wildman–Crippen LogP) is 1.74. The van der Waals surface area contributed by atoms with Gasteiger partial charge in [-0.3, -0.25) is 4.99 Å². The van der Waals surface area contributed by atoms with Crippen LogP contribution in [0.5, 0.6) is 11.5 Å². The molecule has 0 aromatic heterocycles. The van der Waals surface area contributed by atoms with Gasteiger partial charge in [0.05, 0.1) is 13.7 Å². The highest BCUT2D eigenvalue weighted by Gasteiger charge is 2.34. The van der Waals surface area contributed by atoms with Crippen LogP contribution in [0.2, 0.25) is 0 Å². The molecule has 7 nitrogen and oxygen atoms in total. The van der Waals surface area contributed by atoms with E-state index in [1.165, 1.54) is 0 Å². The minimum absolute atomic E-state index is 0.0125. The van der Waals surface area contributed by atoms with Gasteiger partial charge in [0.2, 0.25) is 0 Å². The average Bonchev–Trinajstić information content (AvgIpc) is 2.68. The Morgan fingerprint density at radius 3 is 2.59 bits per heavy atom. The third-order valence-corrected chi connectivity index (χ3v) is 5.12. The highest BCUT2D eigenvalue weighted by atomic mass is 16.5. The average molecular weight is 379 g/mol. The summed E-state index contributed by atoms with van der Waals surface area (Å²) in [6.07, 6.45) is 2.01. The molecule has 27 heavy (non-hydrogen) atoms. The fraction of sp³-hybridized carbons (Fsp3) is 0.650. The smallest absolute Gasteiger partial charge is 0.191 e. The molecule has 1 saturated heterocycles. The van der Waals surface area contributed by atoms with E-state index < -0.39 is 0 Å². The fourth-order valence-electron chi connectivity index (χ4n) is 3.19. The topological polar surface area (TPSA) is 67.4 Å². The van der Waals surface area contributed by atoms with Crippen molar-refractivity contribution in [3.05, 3.63) is 24.3 Å². The van der Waals surface area contributed by atoms with Crippen LogP contribution in [0.3, 0.4) is 0 Å².